The Kier molecular flexibility index (Phi) is 3.60. The molecule has 4 nitrogen and oxygen atoms in total. The molecule has 0 spiro atoms. The van der Waals surface area contributed by atoms with Crippen LogP contribution in [0.25, 0.3) is 0 Å². The van der Waals surface area contributed by atoms with Crippen molar-refractivity contribution < 1.29 is 4.92 Å². The van der Waals surface area contributed by atoms with Gasteiger partial charge in [0.2, 0.25) is 0 Å². The molecule has 1 aromatic carbocycles. The predicted octanol–water partition coefficient (Wildman–Crippen LogP) is 2.40. The summed E-state index contributed by atoms with van der Waals surface area (Å²) in [6.07, 6.45) is 0.677. The molecule has 0 bridgehead atoms. The lowest BCUT2D eigenvalue weighted by Crippen LogP contribution is -1.93. The van der Waals surface area contributed by atoms with E-state index in [0.717, 1.165) is 10.9 Å². The van der Waals surface area contributed by atoms with Crippen LogP contribution < -0.4 is 0 Å². The van der Waals surface area contributed by atoms with E-state index >= 15 is 0 Å². The normalized spacial score (nSPS) is 9.43. The van der Waals surface area contributed by atoms with Gasteiger partial charge >= 0.3 is 0 Å². The third-order valence-electron chi connectivity index (χ3n) is 1.70. The zero-order chi connectivity index (χ0) is 10.6. The molecule has 72 valence electrons. The predicted molar refractivity (Wildman–Crippen MR) is 55.3 cm³/mol. The molecule has 14 heavy (non-hydrogen) atoms. The lowest BCUT2D eigenvalue weighted by Gasteiger charge is -1.98. The Labute approximate surface area is 89.4 Å². The number of rotatable bonds is 3. The third-order valence-corrected chi connectivity index (χ3v) is 2.10. The number of nitrogens with zero attached hydrogens (tertiary/aromatic N) is 2. The van der Waals surface area contributed by atoms with Crippen molar-refractivity contribution in [3.8, 4) is 6.07 Å². The molecule has 1 rings (SSSR count). The Bertz CT molecular complexity index is 398. The van der Waals surface area contributed by atoms with Gasteiger partial charge in [0.1, 0.15) is 0 Å². The van der Waals surface area contributed by atoms with Crippen LogP contribution in [0.3, 0.4) is 0 Å². The van der Waals surface area contributed by atoms with Crippen LogP contribution in [0.1, 0.15) is 11.1 Å². The summed E-state index contributed by atoms with van der Waals surface area (Å²) < 4.78 is 0. The van der Waals surface area contributed by atoms with Gasteiger partial charge in [-0.2, -0.15) is 5.26 Å². The van der Waals surface area contributed by atoms with Gasteiger partial charge in [0.15, 0.2) is 0 Å². The first kappa shape index (κ1) is 10.7. The smallest absolute Gasteiger partial charge is 0.258 e. The van der Waals surface area contributed by atoms with Crippen molar-refractivity contribution in [1.82, 2.24) is 0 Å². The maximum absolute atomic E-state index is 10.5. The zero-order valence-electron chi connectivity index (χ0n) is 7.24. The fourth-order valence-corrected chi connectivity index (χ4v) is 1.56. The number of hydrogen-bond acceptors (Lipinski definition) is 3. The maximum atomic E-state index is 10.5. The molecule has 1 aromatic rings. The Morgan fingerprint density at radius 1 is 1.50 bits per heavy atom. The topological polar surface area (TPSA) is 66.9 Å². The summed E-state index contributed by atoms with van der Waals surface area (Å²) in [5.74, 6) is 0. The monoisotopic (exact) mass is 254 g/mol. The summed E-state index contributed by atoms with van der Waals surface area (Å²) in [4.78, 5) is 10.0. The number of nitriles is 1. The molecule has 0 saturated carbocycles. The van der Waals surface area contributed by atoms with Crippen molar-refractivity contribution >= 4 is 21.6 Å². The first-order valence-corrected chi connectivity index (χ1v) is 5.04. The van der Waals surface area contributed by atoms with E-state index in [2.05, 4.69) is 15.9 Å². The van der Waals surface area contributed by atoms with Crippen LogP contribution in [0, 0.1) is 21.4 Å². The molecule has 0 aliphatic rings. The van der Waals surface area contributed by atoms with Gasteiger partial charge in [-0.05, 0) is 18.1 Å². The van der Waals surface area contributed by atoms with Gasteiger partial charge < -0.3 is 0 Å². The highest BCUT2D eigenvalue weighted by Gasteiger charge is 2.08. The molecular formula is C9H7BrN2O2. The Morgan fingerprint density at radius 2 is 2.21 bits per heavy atom. The molecule has 5 heteroatoms. The number of benzene rings is 1. The van der Waals surface area contributed by atoms with E-state index in [1.165, 1.54) is 12.1 Å². The second-order valence-electron chi connectivity index (χ2n) is 2.70. The van der Waals surface area contributed by atoms with E-state index < -0.39 is 4.92 Å². The van der Waals surface area contributed by atoms with E-state index in [0.29, 0.717) is 12.0 Å². The first-order chi connectivity index (χ1) is 6.67. The number of alkyl halides is 1. The van der Waals surface area contributed by atoms with Gasteiger partial charge in [-0.25, -0.2) is 0 Å². The van der Waals surface area contributed by atoms with Gasteiger partial charge in [0.25, 0.3) is 5.69 Å². The van der Waals surface area contributed by atoms with Gasteiger partial charge in [-0.3, -0.25) is 10.1 Å². The number of nitro benzene ring substituents is 1. The standard InChI is InChI=1S/C9H7BrN2O2/c10-2-1-7-3-8(6-11)5-9(4-7)12(13)14/h3-5H,1-2H2. The SMILES string of the molecule is N#Cc1cc(CCBr)cc([N+](=O)[O-])c1. The number of hydrogen-bond donors (Lipinski definition) is 0. The largest absolute Gasteiger partial charge is 0.271 e. The Hall–Kier alpha value is -1.41. The molecular weight excluding hydrogens is 248 g/mol. The minimum atomic E-state index is -0.488. The molecule has 0 N–H and O–H groups in total. The van der Waals surface area contributed by atoms with E-state index in [1.807, 2.05) is 6.07 Å². The summed E-state index contributed by atoms with van der Waals surface area (Å²) in [6.45, 7) is 0. The van der Waals surface area contributed by atoms with Crippen molar-refractivity contribution in [2.45, 2.75) is 6.42 Å². The van der Waals surface area contributed by atoms with Gasteiger partial charge in [-0.15, -0.1) is 0 Å². The number of halogens is 1. The highest BCUT2D eigenvalue weighted by molar-refractivity contribution is 9.09. The van der Waals surface area contributed by atoms with E-state index in [1.54, 1.807) is 6.07 Å². The van der Waals surface area contributed by atoms with Crippen molar-refractivity contribution in [2.24, 2.45) is 0 Å². The van der Waals surface area contributed by atoms with Crippen LogP contribution in [0.2, 0.25) is 0 Å². The highest BCUT2D eigenvalue weighted by atomic mass is 79.9. The summed E-state index contributed by atoms with van der Waals surface area (Å²) in [5, 5.41) is 19.9. The number of nitro groups is 1. The zero-order valence-corrected chi connectivity index (χ0v) is 8.82. The molecule has 0 amide bonds. The molecule has 0 aliphatic heterocycles. The second kappa shape index (κ2) is 4.72. The number of non-ortho nitro benzene ring substituents is 1. The van der Waals surface area contributed by atoms with Gasteiger partial charge in [0, 0.05) is 17.5 Å². The third kappa shape index (κ3) is 2.54. The summed E-state index contributed by atoms with van der Waals surface area (Å²) in [7, 11) is 0. The maximum Gasteiger partial charge on any atom is 0.271 e. The van der Waals surface area contributed by atoms with Crippen LogP contribution >= 0.6 is 15.9 Å². The molecule has 0 atom stereocenters. The van der Waals surface area contributed by atoms with Gasteiger partial charge in [0.05, 0.1) is 16.6 Å². The van der Waals surface area contributed by atoms with Crippen LogP contribution in [-0.4, -0.2) is 10.3 Å². The minimum absolute atomic E-state index is 0.0278. The Morgan fingerprint density at radius 3 is 2.71 bits per heavy atom. The van der Waals surface area contributed by atoms with E-state index in [-0.39, 0.29) is 5.69 Å². The lowest BCUT2D eigenvalue weighted by molar-refractivity contribution is -0.384. The molecule has 0 heterocycles. The fraction of sp³-hybridized carbons (Fsp3) is 0.222. The first-order valence-electron chi connectivity index (χ1n) is 3.92. The molecule has 0 aliphatic carbocycles. The second-order valence-corrected chi connectivity index (χ2v) is 3.49. The number of aryl methyl sites for hydroxylation is 1. The summed E-state index contributed by atoms with van der Waals surface area (Å²) in [5.41, 5.74) is 1.10. The van der Waals surface area contributed by atoms with Crippen molar-refractivity contribution in [2.75, 3.05) is 5.33 Å². The summed E-state index contributed by atoms with van der Waals surface area (Å²) >= 11 is 3.24. The highest BCUT2D eigenvalue weighted by Crippen LogP contribution is 2.17. The average Bonchev–Trinajstić information content (AvgIpc) is 2.17. The van der Waals surface area contributed by atoms with Gasteiger partial charge in [-0.1, -0.05) is 15.9 Å². The van der Waals surface area contributed by atoms with E-state index in [4.69, 9.17) is 5.26 Å². The van der Waals surface area contributed by atoms with Crippen molar-refractivity contribution in [3.63, 3.8) is 0 Å². The van der Waals surface area contributed by atoms with Crippen LogP contribution in [0.4, 0.5) is 5.69 Å². The Balaban J connectivity index is 3.15. The van der Waals surface area contributed by atoms with Crippen LogP contribution in [0.15, 0.2) is 18.2 Å². The van der Waals surface area contributed by atoms with Crippen LogP contribution in [0.5, 0.6) is 0 Å². The quantitative estimate of drug-likeness (QED) is 0.473. The molecule has 0 radical (unpaired) electrons. The fourth-order valence-electron chi connectivity index (χ4n) is 1.10. The summed E-state index contributed by atoms with van der Waals surface area (Å²) in [6, 6.07) is 6.33. The molecule has 0 saturated heterocycles. The van der Waals surface area contributed by atoms with Crippen molar-refractivity contribution in [1.29, 1.82) is 5.26 Å². The van der Waals surface area contributed by atoms with Crippen molar-refractivity contribution in [3.05, 3.63) is 39.4 Å². The molecule has 0 fully saturated rings. The van der Waals surface area contributed by atoms with Crippen LogP contribution in [-0.2, 0) is 6.42 Å². The molecule has 0 unspecified atom stereocenters. The average molecular weight is 255 g/mol. The lowest BCUT2D eigenvalue weighted by atomic mass is 10.1. The molecule has 0 aromatic heterocycles. The van der Waals surface area contributed by atoms with E-state index in [9.17, 15) is 10.1 Å². The minimum Gasteiger partial charge on any atom is -0.258 e.